The summed E-state index contributed by atoms with van der Waals surface area (Å²) in [5.41, 5.74) is -0.0272. The van der Waals surface area contributed by atoms with Gasteiger partial charge in [0, 0.05) is 44.0 Å². The molecule has 3 N–H and O–H groups in total. The van der Waals surface area contributed by atoms with E-state index in [1.54, 1.807) is 24.0 Å². The first-order chi connectivity index (χ1) is 14.2. The topological polar surface area (TPSA) is 97.8 Å². The fourth-order valence-electron chi connectivity index (χ4n) is 3.04. The lowest BCUT2D eigenvalue weighted by Crippen LogP contribution is -2.47. The highest BCUT2D eigenvalue weighted by Gasteiger charge is 2.25. The Bertz CT molecular complexity index is 947. The molecular formula is C19H20F3N5O3. The van der Waals surface area contributed by atoms with E-state index < -0.39 is 35.3 Å². The predicted octanol–water partition coefficient (Wildman–Crippen LogP) is 3.25. The summed E-state index contributed by atoms with van der Waals surface area (Å²) in [5, 5.41) is 13.3. The number of hydrogen-bond donors (Lipinski definition) is 3. The smallest absolute Gasteiger partial charge is 0.407 e. The minimum atomic E-state index is -1.51. The molecule has 1 saturated heterocycles. The van der Waals surface area contributed by atoms with Gasteiger partial charge in [0.1, 0.15) is 5.69 Å². The zero-order chi connectivity index (χ0) is 21.8. The quantitative estimate of drug-likeness (QED) is 0.656. The van der Waals surface area contributed by atoms with Crippen molar-refractivity contribution in [3.05, 3.63) is 53.1 Å². The van der Waals surface area contributed by atoms with E-state index in [1.807, 2.05) is 5.32 Å². The molecule has 0 radical (unpaired) electrons. The maximum absolute atomic E-state index is 14.8. The fourth-order valence-corrected chi connectivity index (χ4v) is 3.04. The first kappa shape index (κ1) is 21.4. The summed E-state index contributed by atoms with van der Waals surface area (Å²) in [6, 6.07) is 2.98. The Labute approximate surface area is 170 Å². The number of rotatable bonds is 4. The Hall–Kier alpha value is -3.34. The number of nitrogens with one attached hydrogen (secondary N) is 2. The van der Waals surface area contributed by atoms with Crippen LogP contribution in [-0.4, -0.2) is 58.2 Å². The van der Waals surface area contributed by atoms with Crippen molar-refractivity contribution in [2.75, 3.05) is 36.8 Å². The molecule has 2 heterocycles. The number of urea groups is 1. The van der Waals surface area contributed by atoms with Gasteiger partial charge in [-0.1, -0.05) is 0 Å². The number of carboxylic acid groups (broad SMARTS) is 1. The van der Waals surface area contributed by atoms with E-state index in [1.165, 1.54) is 11.1 Å². The average Bonchev–Trinajstić information content (AvgIpc) is 2.71. The van der Waals surface area contributed by atoms with Gasteiger partial charge >= 0.3 is 12.1 Å². The number of aryl methyl sites for hydroxylation is 1. The van der Waals surface area contributed by atoms with E-state index in [9.17, 15) is 22.8 Å². The summed E-state index contributed by atoms with van der Waals surface area (Å²) in [6.07, 6.45) is 0.324. The Morgan fingerprint density at radius 2 is 1.80 bits per heavy atom. The summed E-state index contributed by atoms with van der Waals surface area (Å²) in [4.78, 5) is 30.0. The summed E-state index contributed by atoms with van der Waals surface area (Å²) in [7, 11) is 0. The molecule has 11 heteroatoms. The second-order valence-electron chi connectivity index (χ2n) is 6.83. The normalized spacial score (nSPS) is 14.5. The maximum atomic E-state index is 14.8. The van der Waals surface area contributed by atoms with Gasteiger partial charge in [0.05, 0.1) is 11.9 Å². The summed E-state index contributed by atoms with van der Waals surface area (Å²) in [6.45, 7) is 2.76. The van der Waals surface area contributed by atoms with Crippen LogP contribution in [-0.2, 0) is 6.54 Å². The number of pyridine rings is 1. The van der Waals surface area contributed by atoms with Gasteiger partial charge in [-0.2, -0.15) is 0 Å². The van der Waals surface area contributed by atoms with Gasteiger partial charge in [-0.3, -0.25) is 9.88 Å². The number of nitrogens with zero attached hydrogens (tertiary/aromatic N) is 3. The minimum absolute atomic E-state index is 0.0608. The Balaban J connectivity index is 1.72. The third-order valence-electron chi connectivity index (χ3n) is 4.68. The summed E-state index contributed by atoms with van der Waals surface area (Å²) < 4.78 is 43.0. The number of aromatic nitrogens is 1. The first-order valence-corrected chi connectivity index (χ1v) is 9.12. The Morgan fingerprint density at radius 3 is 2.40 bits per heavy atom. The average molecular weight is 423 g/mol. The molecule has 30 heavy (non-hydrogen) atoms. The molecule has 0 saturated carbocycles. The van der Waals surface area contributed by atoms with Gasteiger partial charge in [-0.05, 0) is 25.1 Å². The minimum Gasteiger partial charge on any atom is -0.465 e. The van der Waals surface area contributed by atoms with Gasteiger partial charge in [-0.25, -0.2) is 22.8 Å². The van der Waals surface area contributed by atoms with Crippen LogP contribution in [0.5, 0.6) is 0 Å². The van der Waals surface area contributed by atoms with Crippen LogP contribution < -0.4 is 10.6 Å². The zero-order valence-corrected chi connectivity index (χ0v) is 16.1. The molecule has 2 aromatic rings. The molecule has 1 aromatic carbocycles. The number of amides is 3. The molecule has 3 amide bonds. The van der Waals surface area contributed by atoms with E-state index in [0.717, 1.165) is 11.8 Å². The van der Waals surface area contributed by atoms with Crippen molar-refractivity contribution in [1.82, 2.24) is 14.8 Å². The molecule has 160 valence electrons. The molecule has 0 unspecified atom stereocenters. The van der Waals surface area contributed by atoms with Gasteiger partial charge < -0.3 is 20.6 Å². The van der Waals surface area contributed by atoms with Crippen molar-refractivity contribution in [2.45, 2.75) is 13.5 Å². The van der Waals surface area contributed by atoms with Crippen molar-refractivity contribution < 1.29 is 27.9 Å². The van der Waals surface area contributed by atoms with Crippen molar-refractivity contribution >= 4 is 23.5 Å². The SMILES string of the molecule is Cc1ccc(NC(=O)Nc2c(F)c(F)cc(CN3CCN(C(=O)O)CC3)c2F)cn1. The highest BCUT2D eigenvalue weighted by atomic mass is 19.2. The van der Waals surface area contributed by atoms with Crippen LogP contribution in [0.15, 0.2) is 24.4 Å². The number of benzene rings is 1. The van der Waals surface area contributed by atoms with E-state index >= 15 is 0 Å². The van der Waals surface area contributed by atoms with Gasteiger partial charge in [0.2, 0.25) is 0 Å². The standard InChI is InChI=1S/C19H20F3N5O3/c1-11-2-3-13(9-23-11)24-18(28)25-17-15(21)12(8-14(20)16(17)22)10-26-4-6-27(7-5-26)19(29)30/h2-3,8-9H,4-7,10H2,1H3,(H,29,30)(H2,24,25,28). The van der Waals surface area contributed by atoms with Crippen LogP contribution in [0, 0.1) is 24.4 Å². The number of hydrogen-bond acceptors (Lipinski definition) is 4. The van der Waals surface area contributed by atoms with Crippen molar-refractivity contribution in [1.29, 1.82) is 0 Å². The summed E-state index contributed by atoms with van der Waals surface area (Å²) >= 11 is 0. The lowest BCUT2D eigenvalue weighted by Gasteiger charge is -2.33. The van der Waals surface area contributed by atoms with Crippen LogP contribution in [0.4, 0.5) is 34.1 Å². The molecular weight excluding hydrogens is 403 g/mol. The van der Waals surface area contributed by atoms with Gasteiger partial charge in [-0.15, -0.1) is 0 Å². The molecule has 0 spiro atoms. The lowest BCUT2D eigenvalue weighted by molar-refractivity contribution is 0.102. The molecule has 3 rings (SSSR count). The van der Waals surface area contributed by atoms with Crippen LogP contribution in [0.2, 0.25) is 0 Å². The molecule has 1 aliphatic rings. The Kier molecular flexibility index (Phi) is 6.40. The van der Waals surface area contributed by atoms with Crippen LogP contribution in [0.3, 0.4) is 0 Å². The van der Waals surface area contributed by atoms with E-state index in [0.29, 0.717) is 18.8 Å². The van der Waals surface area contributed by atoms with Gasteiger partial charge in [0.15, 0.2) is 17.5 Å². The van der Waals surface area contributed by atoms with Crippen molar-refractivity contribution in [2.24, 2.45) is 0 Å². The molecule has 1 fully saturated rings. The number of halogens is 3. The first-order valence-electron chi connectivity index (χ1n) is 9.12. The molecule has 1 aromatic heterocycles. The number of carbonyl (C=O) groups is 2. The molecule has 0 aliphatic carbocycles. The molecule has 0 bridgehead atoms. The van der Waals surface area contributed by atoms with Crippen LogP contribution in [0.1, 0.15) is 11.3 Å². The second-order valence-corrected chi connectivity index (χ2v) is 6.83. The van der Waals surface area contributed by atoms with Crippen LogP contribution >= 0.6 is 0 Å². The van der Waals surface area contributed by atoms with E-state index in [-0.39, 0.29) is 25.2 Å². The second kappa shape index (κ2) is 8.99. The zero-order valence-electron chi connectivity index (χ0n) is 16.1. The molecule has 0 atom stereocenters. The number of anilines is 2. The third-order valence-corrected chi connectivity index (χ3v) is 4.68. The number of piperazine rings is 1. The monoisotopic (exact) mass is 423 g/mol. The van der Waals surface area contributed by atoms with Crippen molar-refractivity contribution in [3.8, 4) is 0 Å². The van der Waals surface area contributed by atoms with Crippen LogP contribution in [0.25, 0.3) is 0 Å². The maximum Gasteiger partial charge on any atom is 0.407 e. The number of carbonyl (C=O) groups excluding carboxylic acids is 1. The van der Waals surface area contributed by atoms with Crippen molar-refractivity contribution in [3.63, 3.8) is 0 Å². The predicted molar refractivity (Wildman–Crippen MR) is 103 cm³/mol. The third kappa shape index (κ3) is 4.98. The Morgan fingerprint density at radius 1 is 1.10 bits per heavy atom. The fraction of sp³-hybridized carbons (Fsp3) is 0.316. The lowest BCUT2D eigenvalue weighted by atomic mass is 10.1. The van der Waals surface area contributed by atoms with Gasteiger partial charge in [0.25, 0.3) is 0 Å². The summed E-state index contributed by atoms with van der Waals surface area (Å²) in [5.74, 6) is -3.90. The molecule has 1 aliphatic heterocycles. The van der Waals surface area contributed by atoms with E-state index in [2.05, 4.69) is 10.3 Å². The molecule has 8 nitrogen and oxygen atoms in total. The largest absolute Gasteiger partial charge is 0.465 e. The highest BCUT2D eigenvalue weighted by molar-refractivity contribution is 5.99. The highest BCUT2D eigenvalue weighted by Crippen LogP contribution is 2.26. The van der Waals surface area contributed by atoms with E-state index in [4.69, 9.17) is 5.11 Å².